The highest BCUT2D eigenvalue weighted by Gasteiger charge is 2.42. The van der Waals surface area contributed by atoms with Crippen LogP contribution in [0.5, 0.6) is 5.75 Å². The molecule has 1 saturated heterocycles. The molecule has 4 rings (SSSR count). The van der Waals surface area contributed by atoms with Crippen LogP contribution in [-0.4, -0.2) is 34.7 Å². The Morgan fingerprint density at radius 2 is 1.88 bits per heavy atom. The Morgan fingerprint density at radius 3 is 2.53 bits per heavy atom. The maximum absolute atomic E-state index is 6.45. The van der Waals surface area contributed by atoms with E-state index in [1.54, 1.807) is 12.5 Å². The van der Waals surface area contributed by atoms with Crippen LogP contribution in [-0.2, 0) is 27.9 Å². The van der Waals surface area contributed by atoms with Crippen LogP contribution in [0.25, 0.3) is 0 Å². The number of aromatic nitrogens is 2. The smallest absolute Gasteiger partial charge is 0.187 e. The number of hydrogen-bond donors (Lipinski definition) is 0. The molecule has 1 aliphatic rings. The van der Waals surface area contributed by atoms with E-state index in [9.17, 15) is 0 Å². The number of ether oxygens (including phenoxy) is 3. The molecule has 1 aromatic heterocycles. The highest BCUT2D eigenvalue weighted by Crippen LogP contribution is 2.32. The van der Waals surface area contributed by atoms with Crippen LogP contribution in [0.4, 0.5) is 0 Å². The summed E-state index contributed by atoms with van der Waals surface area (Å²) in [7, 11) is 0. The van der Waals surface area contributed by atoms with Gasteiger partial charge in [0.25, 0.3) is 0 Å². The van der Waals surface area contributed by atoms with E-state index in [0.717, 1.165) is 18.6 Å². The quantitative estimate of drug-likeness (QED) is 0.440. The van der Waals surface area contributed by atoms with Gasteiger partial charge in [-0.1, -0.05) is 56.6 Å². The lowest BCUT2D eigenvalue weighted by molar-refractivity contribution is -0.184. The minimum atomic E-state index is -0.711. The molecule has 5 nitrogen and oxygen atoms in total. The lowest BCUT2D eigenvalue weighted by Crippen LogP contribution is -2.37. The lowest BCUT2D eigenvalue weighted by atomic mass is 9.86. The maximum Gasteiger partial charge on any atom is 0.187 e. The fourth-order valence-electron chi connectivity index (χ4n) is 3.88. The van der Waals surface area contributed by atoms with Crippen LogP contribution in [0.3, 0.4) is 0 Å². The molecule has 6 heteroatoms. The summed E-state index contributed by atoms with van der Waals surface area (Å²) < 4.78 is 20.6. The molecule has 0 amide bonds. The van der Waals surface area contributed by atoms with Gasteiger partial charge in [0.1, 0.15) is 18.5 Å². The number of rotatable bonds is 8. The monoisotopic (exact) mass is 454 g/mol. The predicted octanol–water partition coefficient (Wildman–Crippen LogP) is 5.66. The van der Waals surface area contributed by atoms with E-state index in [1.807, 2.05) is 35.0 Å². The van der Waals surface area contributed by atoms with Crippen molar-refractivity contribution in [2.24, 2.45) is 0 Å². The van der Waals surface area contributed by atoms with E-state index < -0.39 is 5.79 Å². The van der Waals surface area contributed by atoms with Gasteiger partial charge in [-0.2, -0.15) is 0 Å². The van der Waals surface area contributed by atoms with Gasteiger partial charge in [-0.15, -0.1) is 0 Å². The molecule has 2 unspecified atom stereocenters. The first-order valence-corrected chi connectivity index (χ1v) is 11.4. The second-order valence-corrected chi connectivity index (χ2v) is 9.84. The van der Waals surface area contributed by atoms with Crippen LogP contribution >= 0.6 is 11.6 Å². The van der Waals surface area contributed by atoms with Gasteiger partial charge in [-0.3, -0.25) is 0 Å². The third-order valence-electron chi connectivity index (χ3n) is 5.76. The van der Waals surface area contributed by atoms with E-state index in [2.05, 4.69) is 50.0 Å². The fourth-order valence-corrected chi connectivity index (χ4v) is 4.00. The van der Waals surface area contributed by atoms with Gasteiger partial charge in [0.05, 0.1) is 19.5 Å². The summed E-state index contributed by atoms with van der Waals surface area (Å²) in [5.74, 6) is 0.0567. The molecule has 3 aromatic rings. The van der Waals surface area contributed by atoms with E-state index in [-0.39, 0.29) is 11.5 Å². The molecule has 0 radical (unpaired) electrons. The zero-order valence-corrected chi connectivity index (χ0v) is 19.7. The zero-order valence-electron chi connectivity index (χ0n) is 19.0. The molecule has 170 valence electrons. The molecule has 32 heavy (non-hydrogen) atoms. The van der Waals surface area contributed by atoms with E-state index in [4.69, 9.17) is 25.8 Å². The minimum absolute atomic E-state index is 0.141. The standard InChI is InChI=1S/C26H31ClN2O3/c1-25(2,3)21-6-4-20(5-7-21)12-13-26(18-29-15-14-28-19-29)31-17-24(32-26)16-30-23-10-8-22(27)9-11-23/h4-11,14-15,19,24H,12-13,16-18H2,1-3H3. The topological polar surface area (TPSA) is 45.5 Å². The van der Waals surface area contributed by atoms with E-state index in [0.29, 0.717) is 24.8 Å². The number of aryl methyl sites for hydroxylation is 1. The molecular formula is C26H31ClN2O3. The normalized spacial score (nSPS) is 21.1. The summed E-state index contributed by atoms with van der Waals surface area (Å²) in [6.07, 6.45) is 6.97. The first-order chi connectivity index (χ1) is 15.3. The van der Waals surface area contributed by atoms with Crippen molar-refractivity contribution >= 4 is 11.6 Å². The van der Waals surface area contributed by atoms with Gasteiger partial charge in [-0.25, -0.2) is 4.98 Å². The third kappa shape index (κ3) is 5.91. The summed E-state index contributed by atoms with van der Waals surface area (Å²) in [5.41, 5.74) is 2.76. The Hall–Kier alpha value is -2.34. The molecule has 2 atom stereocenters. The van der Waals surface area contributed by atoms with Crippen molar-refractivity contribution in [3.05, 3.63) is 83.4 Å². The molecule has 1 aliphatic heterocycles. The Morgan fingerprint density at radius 1 is 1.12 bits per heavy atom. The zero-order chi connectivity index (χ0) is 22.6. The van der Waals surface area contributed by atoms with Gasteiger partial charge < -0.3 is 18.8 Å². The first-order valence-electron chi connectivity index (χ1n) is 11.1. The van der Waals surface area contributed by atoms with Gasteiger partial charge in [0, 0.05) is 23.8 Å². The summed E-state index contributed by atoms with van der Waals surface area (Å²) in [6, 6.07) is 16.2. The number of halogens is 1. The SMILES string of the molecule is CC(C)(C)c1ccc(CCC2(Cn3ccnc3)OCC(COc3ccc(Cl)cc3)O2)cc1. The Bertz CT molecular complexity index is 981. The molecule has 1 fully saturated rings. The van der Waals surface area contributed by atoms with Crippen LogP contribution < -0.4 is 4.74 Å². The molecule has 0 saturated carbocycles. The fraction of sp³-hybridized carbons (Fsp3) is 0.423. The van der Waals surface area contributed by atoms with Gasteiger partial charge >= 0.3 is 0 Å². The maximum atomic E-state index is 6.45. The van der Waals surface area contributed by atoms with E-state index >= 15 is 0 Å². The van der Waals surface area contributed by atoms with Gasteiger partial charge in [0.15, 0.2) is 5.79 Å². The van der Waals surface area contributed by atoms with Crippen LogP contribution in [0.1, 0.15) is 38.3 Å². The Balaban J connectivity index is 1.40. The molecule has 2 aromatic carbocycles. The Kier molecular flexibility index (Phi) is 6.89. The van der Waals surface area contributed by atoms with Crippen molar-refractivity contribution in [1.82, 2.24) is 9.55 Å². The lowest BCUT2D eigenvalue weighted by Gasteiger charge is -2.29. The first kappa shape index (κ1) is 22.8. The second kappa shape index (κ2) is 9.65. The van der Waals surface area contributed by atoms with Gasteiger partial charge in [-0.05, 0) is 47.2 Å². The molecule has 0 spiro atoms. The minimum Gasteiger partial charge on any atom is -0.491 e. The molecule has 2 heterocycles. The molecule has 0 aliphatic carbocycles. The molecule has 0 N–H and O–H groups in total. The van der Waals surface area contributed by atoms with Gasteiger partial charge in [0.2, 0.25) is 0 Å². The highest BCUT2D eigenvalue weighted by atomic mass is 35.5. The predicted molar refractivity (Wildman–Crippen MR) is 126 cm³/mol. The molecular weight excluding hydrogens is 424 g/mol. The number of hydrogen-bond acceptors (Lipinski definition) is 4. The Labute approximate surface area is 195 Å². The second-order valence-electron chi connectivity index (χ2n) is 9.41. The number of imidazole rings is 1. The van der Waals surface area contributed by atoms with Crippen molar-refractivity contribution in [3.63, 3.8) is 0 Å². The van der Waals surface area contributed by atoms with Crippen molar-refractivity contribution < 1.29 is 14.2 Å². The van der Waals surface area contributed by atoms with Crippen molar-refractivity contribution in [2.75, 3.05) is 13.2 Å². The summed E-state index contributed by atoms with van der Waals surface area (Å²) >= 11 is 5.95. The number of benzene rings is 2. The average molecular weight is 455 g/mol. The van der Waals surface area contributed by atoms with Crippen LogP contribution in [0, 0.1) is 0 Å². The number of nitrogens with zero attached hydrogens (tertiary/aromatic N) is 2. The van der Waals surface area contributed by atoms with Crippen molar-refractivity contribution in [3.8, 4) is 5.75 Å². The summed E-state index contributed by atoms with van der Waals surface area (Å²) in [6.45, 7) is 8.20. The summed E-state index contributed by atoms with van der Waals surface area (Å²) in [4.78, 5) is 4.16. The average Bonchev–Trinajstić information content (AvgIpc) is 3.42. The van der Waals surface area contributed by atoms with Crippen molar-refractivity contribution in [1.29, 1.82) is 0 Å². The van der Waals surface area contributed by atoms with Crippen molar-refractivity contribution in [2.45, 2.75) is 57.5 Å². The largest absolute Gasteiger partial charge is 0.491 e. The van der Waals surface area contributed by atoms with Crippen LogP contribution in [0.2, 0.25) is 5.02 Å². The highest BCUT2D eigenvalue weighted by molar-refractivity contribution is 6.30. The molecule has 0 bridgehead atoms. The van der Waals surface area contributed by atoms with Crippen LogP contribution in [0.15, 0.2) is 67.3 Å². The third-order valence-corrected chi connectivity index (χ3v) is 6.01. The summed E-state index contributed by atoms with van der Waals surface area (Å²) in [5, 5.41) is 0.688. The van der Waals surface area contributed by atoms with E-state index in [1.165, 1.54) is 11.1 Å².